The highest BCUT2D eigenvalue weighted by atomic mass is 19.3. The summed E-state index contributed by atoms with van der Waals surface area (Å²) in [5.74, 6) is 0.232. The normalized spacial score (nSPS) is 11.2. The number of para-hydroxylation sites is 1. The monoisotopic (exact) mass is 330 g/mol. The number of hydrogen-bond donors (Lipinski definition) is 1. The Bertz CT molecular complexity index is 857. The molecule has 0 aliphatic carbocycles. The Balaban J connectivity index is 1.58. The van der Waals surface area contributed by atoms with Crippen molar-refractivity contribution in [2.45, 2.75) is 19.8 Å². The molecule has 0 bridgehead atoms. The number of nitrogens with one attached hydrogen (secondary N) is 1. The molecule has 0 saturated heterocycles. The predicted octanol–water partition coefficient (Wildman–Crippen LogP) is 4.05. The van der Waals surface area contributed by atoms with Crippen LogP contribution >= 0.6 is 0 Å². The Morgan fingerprint density at radius 1 is 1.21 bits per heavy atom. The van der Waals surface area contributed by atoms with Gasteiger partial charge in [-0.2, -0.15) is 0 Å². The van der Waals surface area contributed by atoms with Crippen molar-refractivity contribution >= 4 is 17.0 Å². The number of hydrogen-bond acceptors (Lipinski definition) is 3. The minimum absolute atomic E-state index is 0.103. The molecule has 0 fully saturated rings. The lowest BCUT2D eigenvalue weighted by Crippen LogP contribution is -2.25. The molecule has 124 valence electrons. The minimum atomic E-state index is -2.54. The molecule has 3 rings (SSSR count). The Hall–Kier alpha value is -2.76. The highest BCUT2D eigenvalue weighted by molar-refractivity contribution is 5.94. The van der Waals surface area contributed by atoms with Crippen LogP contribution in [-0.2, 0) is 6.42 Å². The van der Waals surface area contributed by atoms with Gasteiger partial charge in [-0.3, -0.25) is 4.79 Å². The molecule has 1 amide bonds. The van der Waals surface area contributed by atoms with Gasteiger partial charge in [0.1, 0.15) is 5.52 Å². The van der Waals surface area contributed by atoms with E-state index in [1.54, 1.807) is 0 Å². The third kappa shape index (κ3) is 3.42. The highest BCUT2D eigenvalue weighted by Gasteiger charge is 2.11. The zero-order valence-electron chi connectivity index (χ0n) is 13.1. The first-order valence-electron chi connectivity index (χ1n) is 7.56. The summed E-state index contributed by atoms with van der Waals surface area (Å²) in [6.07, 6.45) is -2.08. The van der Waals surface area contributed by atoms with Crippen LogP contribution in [0.3, 0.4) is 0 Å². The van der Waals surface area contributed by atoms with Crippen LogP contribution in [0.15, 0.2) is 46.9 Å². The van der Waals surface area contributed by atoms with E-state index in [1.165, 1.54) is 24.3 Å². The van der Waals surface area contributed by atoms with Gasteiger partial charge in [0, 0.05) is 24.1 Å². The van der Waals surface area contributed by atoms with Gasteiger partial charge in [0.25, 0.3) is 12.3 Å². The maximum absolute atomic E-state index is 12.5. The van der Waals surface area contributed by atoms with E-state index in [1.807, 2.05) is 25.1 Å². The molecule has 0 spiro atoms. The SMILES string of the molecule is Cc1cccc2oc(CCNC(=O)c3ccc(C(F)F)cc3)nc12. The quantitative estimate of drug-likeness (QED) is 0.768. The molecule has 1 aromatic heterocycles. The van der Waals surface area contributed by atoms with E-state index in [2.05, 4.69) is 10.3 Å². The number of carbonyl (C=O) groups is 1. The van der Waals surface area contributed by atoms with Crippen LogP contribution < -0.4 is 5.32 Å². The summed E-state index contributed by atoms with van der Waals surface area (Å²) in [7, 11) is 0. The zero-order valence-corrected chi connectivity index (χ0v) is 13.1. The van der Waals surface area contributed by atoms with E-state index in [4.69, 9.17) is 4.42 Å². The number of nitrogens with zero attached hydrogens (tertiary/aromatic N) is 1. The van der Waals surface area contributed by atoms with Gasteiger partial charge in [-0.25, -0.2) is 13.8 Å². The maximum Gasteiger partial charge on any atom is 0.263 e. The standard InChI is InChI=1S/C18H16F2N2O2/c1-11-3-2-4-14-16(11)22-15(24-14)9-10-21-18(23)13-7-5-12(6-8-13)17(19)20/h2-8,17H,9-10H2,1H3,(H,21,23). The summed E-state index contributed by atoms with van der Waals surface area (Å²) < 4.78 is 30.6. The van der Waals surface area contributed by atoms with Gasteiger partial charge in [0.2, 0.25) is 0 Å². The molecule has 2 aromatic carbocycles. The summed E-state index contributed by atoms with van der Waals surface area (Å²) in [5.41, 5.74) is 2.81. The largest absolute Gasteiger partial charge is 0.441 e. The average molecular weight is 330 g/mol. The summed E-state index contributed by atoms with van der Waals surface area (Å²) in [6.45, 7) is 2.31. The zero-order chi connectivity index (χ0) is 17.1. The van der Waals surface area contributed by atoms with Crippen molar-refractivity contribution in [1.29, 1.82) is 0 Å². The Kier molecular flexibility index (Phi) is 4.55. The van der Waals surface area contributed by atoms with Gasteiger partial charge in [-0.15, -0.1) is 0 Å². The molecular formula is C18H16F2N2O2. The van der Waals surface area contributed by atoms with Crippen LogP contribution in [0.1, 0.15) is 33.8 Å². The fourth-order valence-electron chi connectivity index (χ4n) is 2.40. The van der Waals surface area contributed by atoms with Crippen molar-refractivity contribution in [3.8, 4) is 0 Å². The molecule has 6 heteroatoms. The van der Waals surface area contributed by atoms with E-state index in [0.29, 0.717) is 24.4 Å². The summed E-state index contributed by atoms with van der Waals surface area (Å²) in [4.78, 5) is 16.4. The molecule has 1 N–H and O–H groups in total. The number of fused-ring (bicyclic) bond motifs is 1. The van der Waals surface area contributed by atoms with Crippen molar-refractivity contribution in [1.82, 2.24) is 10.3 Å². The maximum atomic E-state index is 12.5. The van der Waals surface area contributed by atoms with Gasteiger partial charge in [-0.1, -0.05) is 24.3 Å². The predicted molar refractivity (Wildman–Crippen MR) is 86.2 cm³/mol. The van der Waals surface area contributed by atoms with Crippen molar-refractivity contribution in [2.75, 3.05) is 6.54 Å². The molecular weight excluding hydrogens is 314 g/mol. The number of carbonyl (C=O) groups excluding carboxylic acids is 1. The first-order valence-corrected chi connectivity index (χ1v) is 7.56. The van der Waals surface area contributed by atoms with E-state index in [-0.39, 0.29) is 11.5 Å². The van der Waals surface area contributed by atoms with Gasteiger partial charge < -0.3 is 9.73 Å². The number of aromatic nitrogens is 1. The van der Waals surface area contributed by atoms with E-state index in [0.717, 1.165) is 16.7 Å². The molecule has 24 heavy (non-hydrogen) atoms. The number of rotatable bonds is 5. The van der Waals surface area contributed by atoms with Crippen molar-refractivity contribution in [3.05, 3.63) is 65.0 Å². The van der Waals surface area contributed by atoms with Crippen LogP contribution in [0, 0.1) is 6.92 Å². The topological polar surface area (TPSA) is 55.1 Å². The number of oxazole rings is 1. The van der Waals surface area contributed by atoms with Crippen molar-refractivity contribution < 1.29 is 18.0 Å². The summed E-state index contributed by atoms with van der Waals surface area (Å²) in [6, 6.07) is 11.0. The minimum Gasteiger partial charge on any atom is -0.441 e. The lowest BCUT2D eigenvalue weighted by atomic mass is 10.1. The van der Waals surface area contributed by atoms with Crippen LogP contribution in [-0.4, -0.2) is 17.4 Å². The number of benzene rings is 2. The lowest BCUT2D eigenvalue weighted by Gasteiger charge is -2.05. The van der Waals surface area contributed by atoms with Crippen molar-refractivity contribution in [2.24, 2.45) is 0 Å². The second kappa shape index (κ2) is 6.78. The number of aryl methyl sites for hydroxylation is 1. The molecule has 1 heterocycles. The Morgan fingerprint density at radius 2 is 1.96 bits per heavy atom. The van der Waals surface area contributed by atoms with Gasteiger partial charge in [0.05, 0.1) is 0 Å². The first-order chi connectivity index (χ1) is 11.5. The summed E-state index contributed by atoms with van der Waals surface area (Å²) >= 11 is 0. The fraction of sp³-hybridized carbons (Fsp3) is 0.222. The molecule has 3 aromatic rings. The Labute approximate surface area is 137 Å². The van der Waals surface area contributed by atoms with Gasteiger partial charge >= 0.3 is 0 Å². The van der Waals surface area contributed by atoms with E-state index >= 15 is 0 Å². The highest BCUT2D eigenvalue weighted by Crippen LogP contribution is 2.19. The molecule has 0 aliphatic rings. The second-order valence-corrected chi connectivity index (χ2v) is 5.46. The molecule has 4 nitrogen and oxygen atoms in total. The third-order valence-electron chi connectivity index (χ3n) is 3.71. The van der Waals surface area contributed by atoms with E-state index < -0.39 is 6.43 Å². The van der Waals surface area contributed by atoms with Crippen LogP contribution in [0.5, 0.6) is 0 Å². The van der Waals surface area contributed by atoms with Crippen LogP contribution in [0.2, 0.25) is 0 Å². The summed E-state index contributed by atoms with van der Waals surface area (Å²) in [5, 5.41) is 2.73. The molecule has 0 saturated carbocycles. The van der Waals surface area contributed by atoms with Crippen molar-refractivity contribution in [3.63, 3.8) is 0 Å². The van der Waals surface area contributed by atoms with Crippen LogP contribution in [0.4, 0.5) is 8.78 Å². The fourth-order valence-corrected chi connectivity index (χ4v) is 2.40. The number of amides is 1. The smallest absolute Gasteiger partial charge is 0.263 e. The molecule has 0 radical (unpaired) electrons. The van der Waals surface area contributed by atoms with Gasteiger partial charge in [0.15, 0.2) is 11.5 Å². The first kappa shape index (κ1) is 16.1. The van der Waals surface area contributed by atoms with Gasteiger partial charge in [-0.05, 0) is 30.7 Å². The Morgan fingerprint density at radius 3 is 2.62 bits per heavy atom. The lowest BCUT2D eigenvalue weighted by molar-refractivity contribution is 0.0953. The van der Waals surface area contributed by atoms with E-state index in [9.17, 15) is 13.6 Å². The molecule has 0 unspecified atom stereocenters. The molecule has 0 aliphatic heterocycles. The number of alkyl halides is 2. The molecule has 0 atom stereocenters. The third-order valence-corrected chi connectivity index (χ3v) is 3.71. The van der Waals surface area contributed by atoms with Crippen LogP contribution in [0.25, 0.3) is 11.1 Å². The second-order valence-electron chi connectivity index (χ2n) is 5.46. The number of halogens is 2. The average Bonchev–Trinajstić information content (AvgIpc) is 2.99.